The van der Waals surface area contributed by atoms with E-state index in [2.05, 4.69) is 0 Å². The van der Waals surface area contributed by atoms with Gasteiger partial charge in [-0.25, -0.2) is 4.79 Å². The van der Waals surface area contributed by atoms with Gasteiger partial charge in [-0.15, -0.1) is 0 Å². The first-order valence-corrected chi connectivity index (χ1v) is 5.93. The van der Waals surface area contributed by atoms with Gasteiger partial charge < -0.3 is 15.3 Å². The summed E-state index contributed by atoms with van der Waals surface area (Å²) >= 11 is 0. The van der Waals surface area contributed by atoms with Gasteiger partial charge in [0.1, 0.15) is 11.5 Å². The van der Waals surface area contributed by atoms with E-state index in [1.807, 2.05) is 0 Å². The number of aromatic hydroxyl groups is 2. The smallest absolute Gasteiger partial charge is 0.335 e. The molecule has 2 aromatic carbocycles. The molecule has 3 rings (SSSR count). The van der Waals surface area contributed by atoms with Gasteiger partial charge in [-0.2, -0.15) is 0 Å². The molecule has 1 aliphatic carbocycles. The zero-order chi connectivity index (χ0) is 15.3. The fraction of sp³-hybridized carbons (Fsp3) is 0. The van der Waals surface area contributed by atoms with Crippen LogP contribution in [0.2, 0.25) is 0 Å². The first-order valence-electron chi connectivity index (χ1n) is 5.93. The predicted molar refractivity (Wildman–Crippen MR) is 70.0 cm³/mol. The number of ketones is 2. The Morgan fingerprint density at radius 2 is 1.50 bits per heavy atom. The Balaban J connectivity index is 0.00000176. The molecule has 0 amide bonds. The van der Waals surface area contributed by atoms with Crippen LogP contribution in [0.5, 0.6) is 11.5 Å². The van der Waals surface area contributed by atoms with E-state index in [1.54, 1.807) is 0 Å². The third-order valence-electron chi connectivity index (χ3n) is 3.35. The number of hydrogen-bond donors (Lipinski definition) is 3. The molecule has 7 heteroatoms. The standard InChI is InChI=1S/C15H8O6.Ru/c16-9-3-1-2-7-11(9)14(19)12-8(13(7)18)4-6(15(20)21)5-10(12)17;/h1-5,16-17H,(H,20,21);. The van der Waals surface area contributed by atoms with E-state index >= 15 is 0 Å². The number of aromatic carboxylic acids is 1. The van der Waals surface area contributed by atoms with E-state index in [-0.39, 0.29) is 53.0 Å². The summed E-state index contributed by atoms with van der Waals surface area (Å²) in [7, 11) is 0. The fourth-order valence-corrected chi connectivity index (χ4v) is 2.41. The minimum Gasteiger partial charge on any atom is -0.507 e. The first kappa shape index (κ1) is 15.9. The van der Waals surface area contributed by atoms with E-state index in [4.69, 9.17) is 5.11 Å². The van der Waals surface area contributed by atoms with Crippen LogP contribution in [0.4, 0.5) is 0 Å². The van der Waals surface area contributed by atoms with Gasteiger partial charge in [0.15, 0.2) is 5.78 Å². The molecule has 3 N–H and O–H groups in total. The summed E-state index contributed by atoms with van der Waals surface area (Å²) in [6.07, 6.45) is 0. The molecule has 0 saturated heterocycles. The Hall–Kier alpha value is -2.53. The summed E-state index contributed by atoms with van der Waals surface area (Å²) in [6.45, 7) is 0. The summed E-state index contributed by atoms with van der Waals surface area (Å²) < 4.78 is 0. The monoisotopic (exact) mass is 386 g/mol. The zero-order valence-electron chi connectivity index (χ0n) is 10.8. The van der Waals surface area contributed by atoms with Crippen molar-refractivity contribution >= 4 is 17.5 Å². The van der Waals surface area contributed by atoms with Gasteiger partial charge in [-0.1, -0.05) is 12.1 Å². The zero-order valence-corrected chi connectivity index (χ0v) is 12.5. The molecular formula is C15H8O6Ru. The van der Waals surface area contributed by atoms with Gasteiger partial charge in [0.2, 0.25) is 5.78 Å². The molecule has 0 spiro atoms. The minimum atomic E-state index is -1.32. The number of rotatable bonds is 1. The van der Waals surface area contributed by atoms with Crippen molar-refractivity contribution in [2.24, 2.45) is 0 Å². The number of carbonyl (C=O) groups is 3. The topological polar surface area (TPSA) is 112 Å². The average Bonchev–Trinajstić information content (AvgIpc) is 2.43. The van der Waals surface area contributed by atoms with Crippen LogP contribution in [-0.4, -0.2) is 32.9 Å². The Kier molecular flexibility index (Phi) is 3.85. The van der Waals surface area contributed by atoms with Crippen molar-refractivity contribution in [1.82, 2.24) is 0 Å². The largest absolute Gasteiger partial charge is 0.507 e. The molecule has 0 heterocycles. The minimum absolute atomic E-state index is 0. The van der Waals surface area contributed by atoms with Crippen LogP contribution in [0, 0.1) is 0 Å². The van der Waals surface area contributed by atoms with Crippen molar-refractivity contribution < 1.29 is 49.2 Å². The number of carbonyl (C=O) groups excluding carboxylic acids is 2. The molecular weight excluding hydrogens is 377 g/mol. The van der Waals surface area contributed by atoms with E-state index in [0.29, 0.717) is 0 Å². The van der Waals surface area contributed by atoms with Crippen LogP contribution in [0.25, 0.3) is 0 Å². The fourth-order valence-electron chi connectivity index (χ4n) is 2.41. The number of phenolic OH excluding ortho intramolecular Hbond substituents is 2. The van der Waals surface area contributed by atoms with Gasteiger partial charge in [-0.05, 0) is 18.2 Å². The van der Waals surface area contributed by atoms with Gasteiger partial charge in [0.05, 0.1) is 16.7 Å². The predicted octanol–water partition coefficient (Wildman–Crippen LogP) is 1.57. The molecule has 0 bridgehead atoms. The molecule has 0 fully saturated rings. The molecule has 0 aromatic heterocycles. The molecule has 6 nitrogen and oxygen atoms in total. The maximum atomic E-state index is 12.4. The molecule has 0 atom stereocenters. The SMILES string of the molecule is O=C(O)c1cc(O)c2c(c1)C(=O)c1cccc(O)c1C2=O.[Ru]. The van der Waals surface area contributed by atoms with Gasteiger partial charge in [0.25, 0.3) is 0 Å². The summed E-state index contributed by atoms with van der Waals surface area (Å²) in [4.78, 5) is 35.7. The normalized spacial score (nSPS) is 12.2. The molecule has 2 aromatic rings. The Labute approximate surface area is 136 Å². The number of hydrogen-bond acceptors (Lipinski definition) is 5. The summed E-state index contributed by atoms with van der Waals surface area (Å²) in [6, 6.07) is 5.98. The van der Waals surface area contributed by atoms with Crippen molar-refractivity contribution in [3.63, 3.8) is 0 Å². The van der Waals surface area contributed by atoms with Crippen molar-refractivity contribution in [2.75, 3.05) is 0 Å². The maximum absolute atomic E-state index is 12.4. The second-order valence-corrected chi connectivity index (χ2v) is 4.58. The average molecular weight is 385 g/mol. The Morgan fingerprint density at radius 1 is 0.864 bits per heavy atom. The number of phenols is 2. The Bertz CT molecular complexity index is 840. The summed E-state index contributed by atoms with van der Waals surface area (Å²) in [5.74, 6) is -3.62. The number of carboxylic acid groups (broad SMARTS) is 1. The van der Waals surface area contributed by atoms with Crippen molar-refractivity contribution in [3.05, 3.63) is 58.1 Å². The third-order valence-corrected chi connectivity index (χ3v) is 3.35. The van der Waals surface area contributed by atoms with E-state index < -0.39 is 23.3 Å². The van der Waals surface area contributed by atoms with E-state index in [0.717, 1.165) is 12.1 Å². The number of benzene rings is 2. The first-order chi connectivity index (χ1) is 9.91. The molecule has 0 unspecified atom stereocenters. The van der Waals surface area contributed by atoms with Gasteiger partial charge >= 0.3 is 5.97 Å². The van der Waals surface area contributed by atoms with Crippen molar-refractivity contribution in [3.8, 4) is 11.5 Å². The van der Waals surface area contributed by atoms with Crippen LogP contribution in [0.15, 0.2) is 30.3 Å². The Morgan fingerprint density at radius 3 is 2.14 bits per heavy atom. The third kappa shape index (κ3) is 2.10. The van der Waals surface area contributed by atoms with Crippen LogP contribution >= 0.6 is 0 Å². The van der Waals surface area contributed by atoms with Crippen LogP contribution in [-0.2, 0) is 19.5 Å². The van der Waals surface area contributed by atoms with Gasteiger partial charge in [0, 0.05) is 30.6 Å². The molecule has 0 radical (unpaired) electrons. The van der Waals surface area contributed by atoms with Crippen LogP contribution < -0.4 is 0 Å². The number of carboxylic acids is 1. The quantitative estimate of drug-likeness (QED) is 0.549. The summed E-state index contributed by atoms with van der Waals surface area (Å²) in [5, 5.41) is 28.6. The second-order valence-electron chi connectivity index (χ2n) is 4.58. The summed E-state index contributed by atoms with van der Waals surface area (Å²) in [5.41, 5.74) is -0.978. The van der Waals surface area contributed by atoms with Gasteiger partial charge in [-0.3, -0.25) is 9.59 Å². The molecule has 0 saturated carbocycles. The van der Waals surface area contributed by atoms with Crippen molar-refractivity contribution in [2.45, 2.75) is 0 Å². The number of fused-ring (bicyclic) bond motifs is 2. The molecule has 1 aliphatic rings. The van der Waals surface area contributed by atoms with E-state index in [1.165, 1.54) is 18.2 Å². The molecule has 22 heavy (non-hydrogen) atoms. The van der Waals surface area contributed by atoms with E-state index in [9.17, 15) is 24.6 Å². The van der Waals surface area contributed by atoms with Crippen LogP contribution in [0.1, 0.15) is 42.2 Å². The van der Waals surface area contributed by atoms with Crippen molar-refractivity contribution in [1.29, 1.82) is 0 Å². The molecule has 0 aliphatic heterocycles. The van der Waals surface area contributed by atoms with Crippen LogP contribution in [0.3, 0.4) is 0 Å². The second kappa shape index (κ2) is 5.35. The molecule has 112 valence electrons. The maximum Gasteiger partial charge on any atom is 0.335 e.